The molecule has 23 heavy (non-hydrogen) atoms. The van der Waals surface area contributed by atoms with Gasteiger partial charge in [-0.2, -0.15) is 0 Å². The molecule has 0 saturated carbocycles. The quantitative estimate of drug-likeness (QED) is 0.790. The summed E-state index contributed by atoms with van der Waals surface area (Å²) in [5.74, 6) is 0.533. The second-order valence-corrected chi connectivity index (χ2v) is 6.95. The second-order valence-electron chi connectivity index (χ2n) is 5.93. The van der Waals surface area contributed by atoms with Crippen molar-refractivity contribution in [3.8, 4) is 0 Å². The van der Waals surface area contributed by atoms with E-state index in [1.807, 2.05) is 0 Å². The fourth-order valence-electron chi connectivity index (χ4n) is 2.98. The van der Waals surface area contributed by atoms with Crippen LogP contribution in [-0.2, 0) is 16.1 Å². The molecule has 1 atom stereocenters. The number of rotatable bonds is 7. The van der Waals surface area contributed by atoms with Crippen molar-refractivity contribution in [2.24, 2.45) is 0 Å². The predicted molar refractivity (Wildman–Crippen MR) is 94.9 cm³/mol. The number of hydrogen-bond acceptors (Lipinski definition) is 3. The van der Waals surface area contributed by atoms with Gasteiger partial charge in [0.05, 0.1) is 11.9 Å². The Hall–Kier alpha value is -1.46. The maximum atomic E-state index is 12.0. The molecule has 1 aromatic heterocycles. The van der Waals surface area contributed by atoms with E-state index in [2.05, 4.69) is 47.3 Å². The fourth-order valence-corrected chi connectivity index (χ4v) is 3.90. The van der Waals surface area contributed by atoms with E-state index in [1.54, 1.807) is 11.8 Å². The fraction of sp³-hybridized carbons (Fsp3) is 0.500. The highest BCUT2D eigenvalue weighted by molar-refractivity contribution is 8.00. The topological polar surface area (TPSA) is 43.3 Å². The van der Waals surface area contributed by atoms with Gasteiger partial charge < -0.3 is 14.6 Å². The van der Waals surface area contributed by atoms with Gasteiger partial charge in [0, 0.05) is 41.7 Å². The van der Waals surface area contributed by atoms with Crippen LogP contribution in [0.2, 0.25) is 0 Å². The van der Waals surface area contributed by atoms with Gasteiger partial charge in [-0.1, -0.05) is 25.1 Å². The van der Waals surface area contributed by atoms with Gasteiger partial charge in [-0.05, 0) is 25.3 Å². The first-order valence-electron chi connectivity index (χ1n) is 8.37. The smallest absolute Gasteiger partial charge is 0.230 e. The summed E-state index contributed by atoms with van der Waals surface area (Å²) in [6.07, 6.45) is 5.64. The third kappa shape index (κ3) is 4.09. The van der Waals surface area contributed by atoms with Crippen molar-refractivity contribution in [2.75, 3.05) is 18.9 Å². The summed E-state index contributed by atoms with van der Waals surface area (Å²) in [5, 5.41) is 4.22. The first-order valence-corrected chi connectivity index (χ1v) is 9.35. The van der Waals surface area contributed by atoms with Crippen molar-refractivity contribution in [1.29, 1.82) is 0 Å². The Morgan fingerprint density at radius 3 is 3.09 bits per heavy atom. The molecule has 1 fully saturated rings. The van der Waals surface area contributed by atoms with Gasteiger partial charge in [-0.25, -0.2) is 0 Å². The van der Waals surface area contributed by atoms with Crippen LogP contribution in [0, 0.1) is 0 Å². The third-order valence-corrected chi connectivity index (χ3v) is 5.17. The van der Waals surface area contributed by atoms with Crippen LogP contribution in [0.4, 0.5) is 0 Å². The Balaban J connectivity index is 1.59. The number of aryl methyl sites for hydroxylation is 1. The van der Waals surface area contributed by atoms with E-state index in [9.17, 15) is 4.79 Å². The highest BCUT2D eigenvalue weighted by atomic mass is 32.2. The molecule has 4 nitrogen and oxygen atoms in total. The molecule has 0 unspecified atom stereocenters. The lowest BCUT2D eigenvalue weighted by Crippen LogP contribution is -2.32. The molecule has 1 saturated heterocycles. The highest BCUT2D eigenvalue weighted by Gasteiger charge is 2.16. The normalized spacial score (nSPS) is 17.7. The summed E-state index contributed by atoms with van der Waals surface area (Å²) in [7, 11) is 0. The number of carbonyl (C=O) groups is 1. The predicted octanol–water partition coefficient (Wildman–Crippen LogP) is 3.44. The Labute approximate surface area is 141 Å². The first kappa shape index (κ1) is 16.4. The van der Waals surface area contributed by atoms with E-state index in [1.165, 1.54) is 15.8 Å². The largest absolute Gasteiger partial charge is 0.376 e. The first-order chi connectivity index (χ1) is 11.3. The van der Waals surface area contributed by atoms with Crippen molar-refractivity contribution >= 4 is 28.6 Å². The lowest BCUT2D eigenvalue weighted by molar-refractivity contribution is -0.119. The van der Waals surface area contributed by atoms with Gasteiger partial charge in [0.15, 0.2) is 0 Å². The van der Waals surface area contributed by atoms with Crippen LogP contribution in [0.1, 0.15) is 26.2 Å². The number of nitrogens with one attached hydrogen (secondary N) is 1. The van der Waals surface area contributed by atoms with Crippen LogP contribution < -0.4 is 5.32 Å². The molecule has 1 aliphatic heterocycles. The maximum absolute atomic E-state index is 12.0. The number of aromatic nitrogens is 1. The third-order valence-electron chi connectivity index (χ3n) is 4.13. The maximum Gasteiger partial charge on any atom is 0.230 e. The second kappa shape index (κ2) is 7.88. The molecular formula is C18H24N2O2S. The average molecular weight is 332 g/mol. The number of fused-ring (bicyclic) bond motifs is 1. The van der Waals surface area contributed by atoms with Crippen molar-refractivity contribution in [1.82, 2.24) is 9.88 Å². The van der Waals surface area contributed by atoms with Gasteiger partial charge in [0.2, 0.25) is 5.91 Å². The van der Waals surface area contributed by atoms with Crippen LogP contribution in [0.15, 0.2) is 35.4 Å². The van der Waals surface area contributed by atoms with Crippen LogP contribution >= 0.6 is 11.8 Å². The highest BCUT2D eigenvalue weighted by Crippen LogP contribution is 2.30. The number of amides is 1. The Kier molecular flexibility index (Phi) is 5.62. The van der Waals surface area contributed by atoms with E-state index in [0.29, 0.717) is 12.3 Å². The van der Waals surface area contributed by atoms with Crippen molar-refractivity contribution < 1.29 is 9.53 Å². The zero-order valence-electron chi connectivity index (χ0n) is 13.6. The van der Waals surface area contributed by atoms with E-state index >= 15 is 0 Å². The van der Waals surface area contributed by atoms with Crippen LogP contribution in [-0.4, -0.2) is 35.5 Å². The molecule has 2 heterocycles. The zero-order valence-corrected chi connectivity index (χ0v) is 14.4. The van der Waals surface area contributed by atoms with Crippen LogP contribution in [0.3, 0.4) is 0 Å². The molecule has 1 aliphatic rings. The Morgan fingerprint density at radius 1 is 1.43 bits per heavy atom. The Bertz CT molecular complexity index is 662. The van der Waals surface area contributed by atoms with E-state index in [4.69, 9.17) is 4.74 Å². The van der Waals surface area contributed by atoms with Crippen molar-refractivity contribution in [2.45, 2.75) is 43.7 Å². The summed E-state index contributed by atoms with van der Waals surface area (Å²) in [5.41, 5.74) is 1.25. The molecule has 0 spiro atoms. The number of hydrogen-bond donors (Lipinski definition) is 1. The van der Waals surface area contributed by atoms with Gasteiger partial charge in [-0.3, -0.25) is 4.79 Å². The number of thioether (sulfide) groups is 1. The molecule has 1 aromatic carbocycles. The van der Waals surface area contributed by atoms with E-state index < -0.39 is 0 Å². The molecule has 0 radical (unpaired) electrons. The molecule has 1 N–H and O–H groups in total. The summed E-state index contributed by atoms with van der Waals surface area (Å²) in [4.78, 5) is 13.2. The molecule has 3 rings (SSSR count). The standard InChI is InChI=1S/C18H24N2O2S/c1-2-9-20-12-17(15-7-3-4-8-16(15)20)23-13-18(21)19-11-14-6-5-10-22-14/h3-4,7-8,12,14H,2,5-6,9-11,13H2,1H3,(H,19,21)/t14-/m0/s1. The van der Waals surface area contributed by atoms with Gasteiger partial charge in [0.25, 0.3) is 0 Å². The summed E-state index contributed by atoms with van der Waals surface area (Å²) in [6, 6.07) is 8.40. The Morgan fingerprint density at radius 2 is 2.30 bits per heavy atom. The zero-order chi connectivity index (χ0) is 16.1. The molecule has 124 valence electrons. The molecular weight excluding hydrogens is 308 g/mol. The average Bonchev–Trinajstić information content (AvgIpc) is 3.20. The number of nitrogens with zero attached hydrogens (tertiary/aromatic N) is 1. The monoisotopic (exact) mass is 332 g/mol. The number of ether oxygens (including phenoxy) is 1. The van der Waals surface area contributed by atoms with Crippen LogP contribution in [0.25, 0.3) is 10.9 Å². The molecule has 2 aromatic rings. The minimum Gasteiger partial charge on any atom is -0.376 e. The minimum atomic E-state index is 0.0813. The van der Waals surface area contributed by atoms with E-state index in [0.717, 1.165) is 32.4 Å². The lowest BCUT2D eigenvalue weighted by atomic mass is 10.2. The van der Waals surface area contributed by atoms with Crippen molar-refractivity contribution in [3.63, 3.8) is 0 Å². The molecule has 5 heteroatoms. The number of benzene rings is 1. The summed E-state index contributed by atoms with van der Waals surface area (Å²) < 4.78 is 7.81. The van der Waals surface area contributed by atoms with Crippen molar-refractivity contribution in [3.05, 3.63) is 30.5 Å². The SMILES string of the molecule is CCCn1cc(SCC(=O)NC[C@@H]2CCCO2)c2ccccc21. The van der Waals surface area contributed by atoms with Gasteiger partial charge >= 0.3 is 0 Å². The van der Waals surface area contributed by atoms with Crippen LogP contribution in [0.5, 0.6) is 0 Å². The molecule has 0 aliphatic carbocycles. The lowest BCUT2D eigenvalue weighted by Gasteiger charge is -2.10. The summed E-state index contributed by atoms with van der Waals surface area (Å²) >= 11 is 1.61. The van der Waals surface area contributed by atoms with Gasteiger partial charge in [-0.15, -0.1) is 11.8 Å². The minimum absolute atomic E-state index is 0.0813. The number of para-hydroxylation sites is 1. The van der Waals surface area contributed by atoms with Gasteiger partial charge in [0.1, 0.15) is 0 Å². The van der Waals surface area contributed by atoms with E-state index in [-0.39, 0.29) is 12.0 Å². The number of carbonyl (C=O) groups excluding carboxylic acids is 1. The molecule has 1 amide bonds. The summed E-state index contributed by atoms with van der Waals surface area (Å²) in [6.45, 7) is 4.65. The molecule has 0 bridgehead atoms.